The monoisotopic (exact) mass is 526 g/mol. The lowest BCUT2D eigenvalue weighted by molar-refractivity contribution is -0.148. The first-order valence-electron chi connectivity index (χ1n) is 16.3. The lowest BCUT2D eigenvalue weighted by Crippen LogP contribution is -2.19. The second-order valence-corrected chi connectivity index (χ2v) is 10.8. The first kappa shape index (κ1) is 36.4. The molecule has 0 aromatic rings. The van der Waals surface area contributed by atoms with Crippen molar-refractivity contribution in [2.24, 2.45) is 0 Å². The summed E-state index contributed by atoms with van der Waals surface area (Å²) < 4.78 is 22.3. The maximum atomic E-state index is 6.15. The largest absolute Gasteiger partial charge is 0.476 e. The van der Waals surface area contributed by atoms with Gasteiger partial charge in [0.25, 0.3) is 0 Å². The fourth-order valence-electron chi connectivity index (χ4n) is 4.64. The molecule has 0 bridgehead atoms. The highest BCUT2D eigenvalue weighted by Crippen LogP contribution is 2.16. The van der Waals surface area contributed by atoms with Gasteiger partial charge in [-0.2, -0.15) is 0 Å². The quantitative estimate of drug-likeness (QED) is 0.0496. The zero-order valence-corrected chi connectivity index (χ0v) is 25.5. The van der Waals surface area contributed by atoms with Gasteiger partial charge >= 0.3 is 0 Å². The molecular weight excluding hydrogens is 460 g/mol. The van der Waals surface area contributed by atoms with Crippen molar-refractivity contribution in [1.29, 1.82) is 0 Å². The highest BCUT2D eigenvalue weighted by atomic mass is 16.7. The van der Waals surface area contributed by atoms with E-state index < -0.39 is 0 Å². The summed E-state index contributed by atoms with van der Waals surface area (Å²) in [6.45, 7) is 6.62. The van der Waals surface area contributed by atoms with Gasteiger partial charge in [0.2, 0.25) is 0 Å². The molecule has 0 aromatic carbocycles. The van der Waals surface area contributed by atoms with E-state index in [9.17, 15) is 0 Å². The van der Waals surface area contributed by atoms with Crippen LogP contribution < -0.4 is 0 Å². The topological polar surface area (TPSA) is 36.9 Å². The van der Waals surface area contributed by atoms with E-state index in [0.717, 1.165) is 26.1 Å². The fraction of sp³-hybridized carbons (Fsp3) is 0.939. The standard InChI is InChI=1S/C33H66O4/c1-4-6-8-21-26-30-36-33(37-31-27-22-9-7-5-2)28-24-20-18-16-14-12-10-11-13-15-17-19-23-25-29-35-32-34-3/h25,29,33H,4-24,26-28,30-32H2,1-3H3. The molecule has 0 atom stereocenters. The Morgan fingerprint density at radius 1 is 0.514 bits per heavy atom. The van der Waals surface area contributed by atoms with E-state index in [0.29, 0.717) is 6.79 Å². The van der Waals surface area contributed by atoms with Crippen molar-refractivity contribution in [3.05, 3.63) is 12.3 Å². The van der Waals surface area contributed by atoms with Gasteiger partial charge in [-0.05, 0) is 44.6 Å². The zero-order valence-electron chi connectivity index (χ0n) is 25.5. The molecule has 0 aliphatic carbocycles. The minimum absolute atomic E-state index is 0.0253. The molecule has 0 aliphatic heterocycles. The van der Waals surface area contributed by atoms with E-state index >= 15 is 0 Å². The van der Waals surface area contributed by atoms with Gasteiger partial charge < -0.3 is 18.9 Å². The molecule has 0 rings (SSSR count). The molecule has 0 aromatic heterocycles. The van der Waals surface area contributed by atoms with Crippen LogP contribution in [0, 0.1) is 0 Å². The average Bonchev–Trinajstić information content (AvgIpc) is 2.91. The van der Waals surface area contributed by atoms with E-state index in [4.69, 9.17) is 18.9 Å². The van der Waals surface area contributed by atoms with Crippen LogP contribution in [0.3, 0.4) is 0 Å². The minimum atomic E-state index is 0.0253. The predicted molar refractivity (Wildman–Crippen MR) is 160 cm³/mol. The van der Waals surface area contributed by atoms with Crippen molar-refractivity contribution in [3.63, 3.8) is 0 Å². The number of ether oxygens (including phenoxy) is 4. The summed E-state index contributed by atoms with van der Waals surface area (Å²) in [5, 5.41) is 0. The van der Waals surface area contributed by atoms with Crippen LogP contribution in [0.5, 0.6) is 0 Å². The maximum Gasteiger partial charge on any atom is 0.187 e. The molecule has 0 saturated heterocycles. The van der Waals surface area contributed by atoms with E-state index in [1.54, 1.807) is 13.4 Å². The molecule has 37 heavy (non-hydrogen) atoms. The smallest absolute Gasteiger partial charge is 0.187 e. The molecule has 0 fully saturated rings. The van der Waals surface area contributed by atoms with E-state index in [2.05, 4.69) is 19.9 Å². The lowest BCUT2D eigenvalue weighted by Gasteiger charge is -2.19. The molecular formula is C33H66O4. The maximum absolute atomic E-state index is 6.15. The van der Waals surface area contributed by atoms with Crippen LogP contribution in [0.1, 0.15) is 168 Å². The summed E-state index contributed by atoms with van der Waals surface area (Å²) in [5.41, 5.74) is 0. The number of allylic oxidation sites excluding steroid dienone is 1. The van der Waals surface area contributed by atoms with E-state index in [1.807, 2.05) is 0 Å². The molecule has 4 nitrogen and oxygen atoms in total. The Morgan fingerprint density at radius 2 is 0.946 bits per heavy atom. The molecule has 0 aliphatic rings. The molecule has 0 saturated carbocycles. The lowest BCUT2D eigenvalue weighted by atomic mass is 10.0. The van der Waals surface area contributed by atoms with Gasteiger partial charge in [0.05, 0.1) is 6.26 Å². The van der Waals surface area contributed by atoms with Crippen molar-refractivity contribution in [2.75, 3.05) is 27.1 Å². The van der Waals surface area contributed by atoms with Crippen LogP contribution in [0.25, 0.3) is 0 Å². The number of rotatable bonds is 32. The summed E-state index contributed by atoms with van der Waals surface area (Å²) in [5.74, 6) is 0. The zero-order chi connectivity index (χ0) is 26.9. The predicted octanol–water partition coefficient (Wildman–Crippen LogP) is 10.9. The second kappa shape index (κ2) is 33.4. The molecule has 0 spiro atoms. The normalized spacial score (nSPS) is 11.8. The summed E-state index contributed by atoms with van der Waals surface area (Å²) in [7, 11) is 1.64. The average molecular weight is 527 g/mol. The third-order valence-corrected chi connectivity index (χ3v) is 7.04. The molecule has 0 N–H and O–H groups in total. The Kier molecular flexibility index (Phi) is 32.9. The van der Waals surface area contributed by atoms with Crippen molar-refractivity contribution < 1.29 is 18.9 Å². The minimum Gasteiger partial charge on any atom is -0.476 e. The molecule has 0 amide bonds. The van der Waals surface area contributed by atoms with Crippen LogP contribution in [-0.2, 0) is 18.9 Å². The molecule has 222 valence electrons. The van der Waals surface area contributed by atoms with Gasteiger partial charge in [-0.25, -0.2) is 0 Å². The summed E-state index contributed by atoms with van der Waals surface area (Å²) in [6, 6.07) is 0. The second-order valence-electron chi connectivity index (χ2n) is 10.8. The SMILES string of the molecule is CCCCCCCOC(CCCCCCCCCCCCCCC=COCOC)OCCCCCCC. The van der Waals surface area contributed by atoms with Crippen LogP contribution in [-0.4, -0.2) is 33.4 Å². The van der Waals surface area contributed by atoms with Crippen LogP contribution in [0.4, 0.5) is 0 Å². The Balaban J connectivity index is 3.62. The fourth-order valence-corrected chi connectivity index (χ4v) is 4.64. The number of hydrogen-bond acceptors (Lipinski definition) is 4. The number of hydrogen-bond donors (Lipinski definition) is 0. The number of unbranched alkanes of at least 4 members (excludes halogenated alkanes) is 20. The van der Waals surface area contributed by atoms with Gasteiger partial charge in [0, 0.05) is 20.3 Å². The van der Waals surface area contributed by atoms with E-state index in [-0.39, 0.29) is 6.29 Å². The molecule has 4 heteroatoms. The Hall–Kier alpha value is -0.580. The van der Waals surface area contributed by atoms with Gasteiger partial charge in [0.15, 0.2) is 13.1 Å². The first-order valence-corrected chi connectivity index (χ1v) is 16.3. The van der Waals surface area contributed by atoms with Gasteiger partial charge in [0.1, 0.15) is 0 Å². The summed E-state index contributed by atoms with van der Waals surface area (Å²) in [4.78, 5) is 0. The number of methoxy groups -OCH3 is 1. The van der Waals surface area contributed by atoms with E-state index in [1.165, 1.54) is 141 Å². The summed E-state index contributed by atoms with van der Waals surface area (Å²) in [6.07, 6.45) is 35.3. The van der Waals surface area contributed by atoms with Crippen molar-refractivity contribution in [1.82, 2.24) is 0 Å². The van der Waals surface area contributed by atoms with Gasteiger partial charge in [-0.1, -0.05) is 129 Å². The Labute approximate surface area is 232 Å². The molecule has 0 radical (unpaired) electrons. The summed E-state index contributed by atoms with van der Waals surface area (Å²) >= 11 is 0. The third kappa shape index (κ3) is 31.5. The van der Waals surface area contributed by atoms with Crippen molar-refractivity contribution in [3.8, 4) is 0 Å². The molecule has 0 unspecified atom stereocenters. The van der Waals surface area contributed by atoms with Gasteiger partial charge in [-0.3, -0.25) is 0 Å². The van der Waals surface area contributed by atoms with Crippen LogP contribution >= 0.6 is 0 Å². The first-order chi connectivity index (χ1) is 18.3. The van der Waals surface area contributed by atoms with Crippen molar-refractivity contribution >= 4 is 0 Å². The highest BCUT2D eigenvalue weighted by Gasteiger charge is 2.09. The van der Waals surface area contributed by atoms with Crippen LogP contribution in [0.2, 0.25) is 0 Å². The molecule has 0 heterocycles. The Morgan fingerprint density at radius 3 is 1.43 bits per heavy atom. The highest BCUT2D eigenvalue weighted by molar-refractivity contribution is 4.72. The van der Waals surface area contributed by atoms with Gasteiger partial charge in [-0.15, -0.1) is 0 Å². The third-order valence-electron chi connectivity index (χ3n) is 7.04. The Bertz CT molecular complexity index is 411. The van der Waals surface area contributed by atoms with Crippen molar-refractivity contribution in [2.45, 2.75) is 174 Å². The van der Waals surface area contributed by atoms with Crippen LogP contribution in [0.15, 0.2) is 12.3 Å².